The number of anilines is 1. The van der Waals surface area contributed by atoms with Crippen LogP contribution < -0.4 is 5.32 Å². The first-order chi connectivity index (χ1) is 9.19. The molecular formula is C14H19BrN4. The van der Waals surface area contributed by atoms with Crippen molar-refractivity contribution < 1.29 is 0 Å². The van der Waals surface area contributed by atoms with Gasteiger partial charge >= 0.3 is 0 Å². The van der Waals surface area contributed by atoms with E-state index in [4.69, 9.17) is 5.26 Å². The Morgan fingerprint density at radius 3 is 2.68 bits per heavy atom. The van der Waals surface area contributed by atoms with Gasteiger partial charge in [0, 0.05) is 49.4 Å². The minimum Gasteiger partial charge on any atom is -0.383 e. The summed E-state index contributed by atoms with van der Waals surface area (Å²) in [5, 5.41) is 12.2. The topological polar surface area (TPSA) is 42.3 Å². The summed E-state index contributed by atoms with van der Waals surface area (Å²) in [5.74, 6) is 0. The molecule has 1 saturated heterocycles. The van der Waals surface area contributed by atoms with E-state index in [1.165, 1.54) is 0 Å². The first-order valence-corrected chi connectivity index (χ1v) is 7.33. The van der Waals surface area contributed by atoms with Crippen molar-refractivity contribution in [2.24, 2.45) is 0 Å². The Kier molecular flexibility index (Phi) is 5.20. The molecule has 0 aromatic heterocycles. The van der Waals surface area contributed by atoms with E-state index in [1.807, 2.05) is 18.2 Å². The standard InChI is InChI=1S/C14H19BrN4/c1-18-6-8-19(9-7-18)5-4-17-14-3-2-12(11-16)10-13(14)15/h2-3,10,17H,4-9H2,1H3. The van der Waals surface area contributed by atoms with Crippen LogP contribution in [0.15, 0.2) is 22.7 Å². The van der Waals surface area contributed by atoms with Gasteiger partial charge in [-0.15, -0.1) is 0 Å². The van der Waals surface area contributed by atoms with Crippen molar-refractivity contribution in [3.8, 4) is 6.07 Å². The van der Waals surface area contributed by atoms with Gasteiger partial charge < -0.3 is 10.2 Å². The highest BCUT2D eigenvalue weighted by Crippen LogP contribution is 2.23. The van der Waals surface area contributed by atoms with Crippen LogP contribution in [-0.2, 0) is 0 Å². The van der Waals surface area contributed by atoms with Crippen molar-refractivity contribution in [3.05, 3.63) is 28.2 Å². The van der Waals surface area contributed by atoms with Gasteiger partial charge in [0.05, 0.1) is 11.6 Å². The normalized spacial score (nSPS) is 17.1. The molecule has 0 atom stereocenters. The van der Waals surface area contributed by atoms with Crippen LogP contribution >= 0.6 is 15.9 Å². The fourth-order valence-electron chi connectivity index (χ4n) is 2.15. The molecule has 5 heteroatoms. The maximum absolute atomic E-state index is 8.82. The van der Waals surface area contributed by atoms with E-state index in [9.17, 15) is 0 Å². The molecule has 1 aromatic carbocycles. The molecule has 0 aliphatic carbocycles. The van der Waals surface area contributed by atoms with E-state index >= 15 is 0 Å². The summed E-state index contributed by atoms with van der Waals surface area (Å²) < 4.78 is 0.949. The number of hydrogen-bond acceptors (Lipinski definition) is 4. The molecule has 1 aliphatic rings. The fourth-order valence-corrected chi connectivity index (χ4v) is 2.67. The van der Waals surface area contributed by atoms with Gasteiger partial charge in [-0.05, 0) is 41.2 Å². The van der Waals surface area contributed by atoms with E-state index in [0.717, 1.165) is 49.4 Å². The highest BCUT2D eigenvalue weighted by Gasteiger charge is 2.12. The van der Waals surface area contributed by atoms with E-state index in [2.05, 4.69) is 44.2 Å². The number of likely N-dealkylation sites (N-methyl/N-ethyl adjacent to an activating group) is 1. The lowest BCUT2D eigenvalue weighted by Gasteiger charge is -2.32. The lowest BCUT2D eigenvalue weighted by atomic mass is 10.2. The molecule has 102 valence electrons. The third-order valence-corrected chi connectivity index (χ3v) is 4.09. The Balaban J connectivity index is 1.78. The van der Waals surface area contributed by atoms with E-state index in [0.29, 0.717) is 5.56 Å². The van der Waals surface area contributed by atoms with Crippen LogP contribution in [0.5, 0.6) is 0 Å². The molecule has 19 heavy (non-hydrogen) atoms. The molecule has 0 bridgehead atoms. The minimum atomic E-state index is 0.677. The van der Waals surface area contributed by atoms with Crippen LogP contribution in [0, 0.1) is 11.3 Å². The highest BCUT2D eigenvalue weighted by molar-refractivity contribution is 9.10. The Labute approximate surface area is 123 Å². The zero-order valence-corrected chi connectivity index (χ0v) is 12.8. The molecule has 0 spiro atoms. The quantitative estimate of drug-likeness (QED) is 0.920. The molecule has 1 N–H and O–H groups in total. The van der Waals surface area contributed by atoms with Gasteiger partial charge in [-0.25, -0.2) is 0 Å². The first-order valence-electron chi connectivity index (χ1n) is 6.53. The van der Waals surface area contributed by atoms with E-state index in [-0.39, 0.29) is 0 Å². The number of hydrogen-bond donors (Lipinski definition) is 1. The zero-order chi connectivity index (χ0) is 13.7. The van der Waals surface area contributed by atoms with Gasteiger partial charge in [0.1, 0.15) is 0 Å². The van der Waals surface area contributed by atoms with E-state index < -0.39 is 0 Å². The number of nitriles is 1. The Morgan fingerprint density at radius 2 is 2.05 bits per heavy atom. The van der Waals surface area contributed by atoms with Crippen LogP contribution in [-0.4, -0.2) is 56.1 Å². The second kappa shape index (κ2) is 6.90. The number of rotatable bonds is 4. The van der Waals surface area contributed by atoms with E-state index in [1.54, 1.807) is 0 Å². The van der Waals surface area contributed by atoms with Gasteiger partial charge in [-0.2, -0.15) is 5.26 Å². The molecule has 1 aromatic rings. The summed E-state index contributed by atoms with van der Waals surface area (Å²) >= 11 is 3.49. The third kappa shape index (κ3) is 4.20. The molecule has 1 fully saturated rings. The minimum absolute atomic E-state index is 0.677. The summed E-state index contributed by atoms with van der Waals surface area (Å²) in [6, 6.07) is 7.77. The van der Waals surface area contributed by atoms with Crippen LogP contribution in [0.2, 0.25) is 0 Å². The van der Waals surface area contributed by atoms with Crippen molar-refractivity contribution in [1.82, 2.24) is 9.80 Å². The molecule has 4 nitrogen and oxygen atoms in total. The second-order valence-corrected chi connectivity index (χ2v) is 5.73. The average molecular weight is 323 g/mol. The predicted molar refractivity (Wildman–Crippen MR) is 81.3 cm³/mol. The number of halogens is 1. The molecule has 0 radical (unpaired) electrons. The number of nitrogens with zero attached hydrogens (tertiary/aromatic N) is 3. The number of nitrogens with one attached hydrogen (secondary N) is 1. The van der Waals surface area contributed by atoms with Crippen LogP contribution in [0.3, 0.4) is 0 Å². The summed E-state index contributed by atoms with van der Waals surface area (Å²) in [4.78, 5) is 4.84. The Hall–Kier alpha value is -1.09. The van der Waals surface area contributed by atoms with Gasteiger partial charge in [-0.1, -0.05) is 0 Å². The number of piperazine rings is 1. The van der Waals surface area contributed by atoms with Gasteiger partial charge in [-0.3, -0.25) is 4.90 Å². The van der Waals surface area contributed by atoms with Crippen LogP contribution in [0.4, 0.5) is 5.69 Å². The molecule has 1 aliphatic heterocycles. The smallest absolute Gasteiger partial charge is 0.0992 e. The van der Waals surface area contributed by atoms with Crippen molar-refractivity contribution in [2.75, 3.05) is 51.6 Å². The maximum Gasteiger partial charge on any atom is 0.0992 e. The second-order valence-electron chi connectivity index (χ2n) is 4.88. The summed E-state index contributed by atoms with van der Waals surface area (Å²) in [6.45, 7) is 6.58. The third-order valence-electron chi connectivity index (χ3n) is 3.44. The Bertz CT molecular complexity index is 461. The predicted octanol–water partition coefficient (Wildman–Crippen LogP) is 1.98. The molecule has 1 heterocycles. The monoisotopic (exact) mass is 322 g/mol. The summed E-state index contributed by atoms with van der Waals surface area (Å²) in [5.41, 5.74) is 1.73. The van der Waals surface area contributed by atoms with Crippen LogP contribution in [0.1, 0.15) is 5.56 Å². The lowest BCUT2D eigenvalue weighted by molar-refractivity contribution is 0.158. The summed E-state index contributed by atoms with van der Waals surface area (Å²) in [7, 11) is 2.17. The molecule has 0 unspecified atom stereocenters. The van der Waals surface area contributed by atoms with Crippen LogP contribution in [0.25, 0.3) is 0 Å². The average Bonchev–Trinajstić information content (AvgIpc) is 2.42. The van der Waals surface area contributed by atoms with Crippen molar-refractivity contribution in [1.29, 1.82) is 5.26 Å². The lowest BCUT2D eigenvalue weighted by Crippen LogP contribution is -2.45. The largest absolute Gasteiger partial charge is 0.383 e. The van der Waals surface area contributed by atoms with Crippen molar-refractivity contribution >= 4 is 21.6 Å². The first kappa shape index (κ1) is 14.3. The molecule has 0 amide bonds. The highest BCUT2D eigenvalue weighted by atomic mass is 79.9. The maximum atomic E-state index is 8.82. The molecule has 2 rings (SSSR count). The summed E-state index contributed by atoms with van der Waals surface area (Å²) in [6.07, 6.45) is 0. The van der Waals surface area contributed by atoms with Gasteiger partial charge in [0.15, 0.2) is 0 Å². The SMILES string of the molecule is CN1CCN(CCNc2ccc(C#N)cc2Br)CC1. The van der Waals surface area contributed by atoms with Gasteiger partial charge in [0.25, 0.3) is 0 Å². The zero-order valence-electron chi connectivity index (χ0n) is 11.2. The molecular weight excluding hydrogens is 304 g/mol. The van der Waals surface area contributed by atoms with Crippen molar-refractivity contribution in [3.63, 3.8) is 0 Å². The number of benzene rings is 1. The van der Waals surface area contributed by atoms with Crippen molar-refractivity contribution in [2.45, 2.75) is 0 Å². The fraction of sp³-hybridized carbons (Fsp3) is 0.500. The Morgan fingerprint density at radius 1 is 1.32 bits per heavy atom. The van der Waals surface area contributed by atoms with Gasteiger partial charge in [0.2, 0.25) is 0 Å². The molecule has 0 saturated carbocycles.